The summed E-state index contributed by atoms with van der Waals surface area (Å²) in [5.41, 5.74) is 1.01. The summed E-state index contributed by atoms with van der Waals surface area (Å²) in [4.78, 5) is 0. The van der Waals surface area contributed by atoms with E-state index in [1.54, 1.807) is 6.07 Å². The normalized spacial score (nSPS) is 17.9. The molecule has 1 aliphatic rings. The number of nitrogens with one attached hydrogen (secondary N) is 1. The summed E-state index contributed by atoms with van der Waals surface area (Å²) >= 11 is 18.0. The van der Waals surface area contributed by atoms with Crippen LogP contribution < -0.4 is 5.32 Å². The number of rotatable bonds is 3. The van der Waals surface area contributed by atoms with Gasteiger partial charge in [-0.25, -0.2) is 0 Å². The third kappa shape index (κ3) is 2.59. The van der Waals surface area contributed by atoms with Crippen molar-refractivity contribution in [3.05, 3.63) is 32.8 Å². The molecule has 1 saturated carbocycles. The van der Waals surface area contributed by atoms with Crippen molar-refractivity contribution in [2.45, 2.75) is 31.8 Å². The lowest BCUT2D eigenvalue weighted by atomic mass is 10.1. The minimum Gasteiger partial charge on any atom is -0.307 e. The molecule has 0 amide bonds. The zero-order chi connectivity index (χ0) is 11.0. The molecule has 1 aromatic rings. The molecule has 0 heterocycles. The minimum absolute atomic E-state index is 0.222. The van der Waals surface area contributed by atoms with Crippen LogP contribution in [0.5, 0.6) is 0 Å². The molecule has 1 N–H and O–H groups in total. The molecule has 0 bridgehead atoms. The zero-order valence-electron chi connectivity index (χ0n) is 8.36. The summed E-state index contributed by atoms with van der Waals surface area (Å²) in [5, 5.41) is 4.98. The van der Waals surface area contributed by atoms with E-state index in [2.05, 4.69) is 12.2 Å². The second kappa shape index (κ2) is 4.50. The van der Waals surface area contributed by atoms with Crippen molar-refractivity contribution < 1.29 is 0 Å². The van der Waals surface area contributed by atoms with Crippen molar-refractivity contribution in [1.82, 2.24) is 5.32 Å². The molecule has 1 fully saturated rings. The molecule has 0 aromatic heterocycles. The molecular weight excluding hydrogens is 252 g/mol. The van der Waals surface area contributed by atoms with Crippen molar-refractivity contribution in [2.75, 3.05) is 0 Å². The number of halogens is 3. The van der Waals surface area contributed by atoms with Crippen LogP contribution >= 0.6 is 34.8 Å². The molecule has 1 atom stereocenters. The van der Waals surface area contributed by atoms with Crippen molar-refractivity contribution in [1.29, 1.82) is 0 Å². The SMILES string of the molecule is CC(NC1CC1)c1ccc(Cl)c(Cl)c1Cl. The van der Waals surface area contributed by atoms with Gasteiger partial charge in [-0.05, 0) is 31.4 Å². The molecule has 2 rings (SSSR count). The molecule has 1 unspecified atom stereocenters. The first kappa shape index (κ1) is 11.5. The Labute approximate surface area is 105 Å². The fourth-order valence-corrected chi connectivity index (χ4v) is 2.28. The van der Waals surface area contributed by atoms with Crippen molar-refractivity contribution in [3.8, 4) is 0 Å². The highest BCUT2D eigenvalue weighted by Crippen LogP contribution is 2.36. The van der Waals surface area contributed by atoms with E-state index in [0.717, 1.165) is 5.56 Å². The smallest absolute Gasteiger partial charge is 0.0781 e. The van der Waals surface area contributed by atoms with Crippen LogP contribution in [-0.2, 0) is 0 Å². The molecule has 0 spiro atoms. The van der Waals surface area contributed by atoms with Crippen LogP contribution in [0.2, 0.25) is 15.1 Å². The molecule has 1 aromatic carbocycles. The van der Waals surface area contributed by atoms with E-state index in [0.29, 0.717) is 21.1 Å². The van der Waals surface area contributed by atoms with Gasteiger partial charge in [0.15, 0.2) is 0 Å². The monoisotopic (exact) mass is 263 g/mol. The van der Waals surface area contributed by atoms with Gasteiger partial charge in [0, 0.05) is 12.1 Å². The van der Waals surface area contributed by atoms with Crippen LogP contribution in [-0.4, -0.2) is 6.04 Å². The molecule has 4 heteroatoms. The Balaban J connectivity index is 2.22. The van der Waals surface area contributed by atoms with E-state index in [4.69, 9.17) is 34.8 Å². The van der Waals surface area contributed by atoms with Crippen LogP contribution in [0.4, 0.5) is 0 Å². The highest BCUT2D eigenvalue weighted by atomic mass is 35.5. The first-order valence-electron chi connectivity index (χ1n) is 4.99. The fraction of sp³-hybridized carbons (Fsp3) is 0.455. The summed E-state index contributed by atoms with van der Waals surface area (Å²) < 4.78 is 0. The highest BCUT2D eigenvalue weighted by molar-refractivity contribution is 6.48. The molecule has 0 saturated heterocycles. The molecule has 0 aliphatic heterocycles. The summed E-state index contributed by atoms with van der Waals surface area (Å²) in [6.45, 7) is 2.09. The van der Waals surface area contributed by atoms with Crippen LogP contribution in [0.3, 0.4) is 0 Å². The van der Waals surface area contributed by atoms with Gasteiger partial charge in [0.1, 0.15) is 0 Å². The highest BCUT2D eigenvalue weighted by Gasteiger charge is 2.24. The Morgan fingerprint density at radius 2 is 1.87 bits per heavy atom. The average molecular weight is 265 g/mol. The van der Waals surface area contributed by atoms with E-state index < -0.39 is 0 Å². The molecular formula is C11H12Cl3N. The van der Waals surface area contributed by atoms with Gasteiger partial charge < -0.3 is 5.32 Å². The third-order valence-corrected chi connectivity index (χ3v) is 3.90. The molecule has 15 heavy (non-hydrogen) atoms. The fourth-order valence-electron chi connectivity index (χ4n) is 1.57. The second-order valence-corrected chi connectivity index (χ2v) is 5.09. The summed E-state index contributed by atoms with van der Waals surface area (Å²) in [6.07, 6.45) is 2.51. The van der Waals surface area contributed by atoms with Gasteiger partial charge in [-0.2, -0.15) is 0 Å². The topological polar surface area (TPSA) is 12.0 Å². The number of benzene rings is 1. The van der Waals surface area contributed by atoms with Crippen molar-refractivity contribution >= 4 is 34.8 Å². The Morgan fingerprint density at radius 3 is 2.47 bits per heavy atom. The number of hydrogen-bond donors (Lipinski definition) is 1. The van der Waals surface area contributed by atoms with E-state index in [1.165, 1.54) is 12.8 Å². The summed E-state index contributed by atoms with van der Waals surface area (Å²) in [7, 11) is 0. The van der Waals surface area contributed by atoms with Crippen LogP contribution in [0.1, 0.15) is 31.4 Å². The quantitative estimate of drug-likeness (QED) is 0.795. The summed E-state index contributed by atoms with van der Waals surface area (Å²) in [5.74, 6) is 0. The van der Waals surface area contributed by atoms with Crippen LogP contribution in [0.25, 0.3) is 0 Å². The summed E-state index contributed by atoms with van der Waals surface area (Å²) in [6, 6.07) is 4.58. The lowest BCUT2D eigenvalue weighted by Crippen LogP contribution is -2.20. The van der Waals surface area contributed by atoms with Gasteiger partial charge in [-0.15, -0.1) is 0 Å². The van der Waals surface area contributed by atoms with E-state index in [9.17, 15) is 0 Å². The van der Waals surface area contributed by atoms with Crippen molar-refractivity contribution in [3.63, 3.8) is 0 Å². The van der Waals surface area contributed by atoms with Crippen LogP contribution in [0, 0.1) is 0 Å². The van der Waals surface area contributed by atoms with E-state index in [-0.39, 0.29) is 6.04 Å². The average Bonchev–Trinajstić information content (AvgIpc) is 2.98. The van der Waals surface area contributed by atoms with E-state index in [1.807, 2.05) is 6.07 Å². The maximum atomic E-state index is 6.14. The standard InChI is InChI=1S/C11H12Cl3N/c1-6(15-7-2-3-7)8-4-5-9(12)11(14)10(8)13/h4-7,15H,2-3H2,1H3. The molecule has 1 aliphatic carbocycles. The third-order valence-electron chi connectivity index (χ3n) is 2.59. The van der Waals surface area contributed by atoms with E-state index >= 15 is 0 Å². The Kier molecular flexibility index (Phi) is 3.46. The van der Waals surface area contributed by atoms with Gasteiger partial charge in [-0.3, -0.25) is 0 Å². The maximum Gasteiger partial charge on any atom is 0.0781 e. The molecule has 0 radical (unpaired) electrons. The largest absolute Gasteiger partial charge is 0.307 e. The zero-order valence-corrected chi connectivity index (χ0v) is 10.6. The second-order valence-electron chi connectivity index (χ2n) is 3.93. The van der Waals surface area contributed by atoms with Crippen LogP contribution in [0.15, 0.2) is 12.1 Å². The Bertz CT molecular complexity index is 374. The number of hydrogen-bond acceptors (Lipinski definition) is 1. The molecule has 82 valence electrons. The van der Waals surface area contributed by atoms with Gasteiger partial charge in [-0.1, -0.05) is 40.9 Å². The predicted octanol–water partition coefficient (Wildman–Crippen LogP) is 4.46. The van der Waals surface area contributed by atoms with Gasteiger partial charge >= 0.3 is 0 Å². The van der Waals surface area contributed by atoms with Crippen molar-refractivity contribution in [2.24, 2.45) is 0 Å². The van der Waals surface area contributed by atoms with Gasteiger partial charge in [0.25, 0.3) is 0 Å². The Hall–Kier alpha value is 0.0500. The maximum absolute atomic E-state index is 6.14. The predicted molar refractivity (Wildman–Crippen MR) is 66.0 cm³/mol. The minimum atomic E-state index is 0.222. The lowest BCUT2D eigenvalue weighted by molar-refractivity contribution is 0.571. The molecule has 1 nitrogen and oxygen atoms in total. The first-order valence-corrected chi connectivity index (χ1v) is 6.12. The lowest BCUT2D eigenvalue weighted by Gasteiger charge is -2.16. The Morgan fingerprint density at radius 1 is 1.20 bits per heavy atom. The van der Waals surface area contributed by atoms with Gasteiger partial charge in [0.05, 0.1) is 15.1 Å². The first-order chi connectivity index (χ1) is 7.09. The van der Waals surface area contributed by atoms with Gasteiger partial charge in [0.2, 0.25) is 0 Å².